The molecule has 0 amide bonds. The molecule has 2 nitrogen and oxygen atoms in total. The van der Waals surface area contributed by atoms with E-state index in [9.17, 15) is 5.11 Å². The van der Waals surface area contributed by atoms with Gasteiger partial charge in [0.05, 0.1) is 12.1 Å². The number of aliphatic hydroxyl groups excluding tert-OH is 1. The number of halogens is 2. The average Bonchev–Trinajstić information content (AvgIpc) is 2.81. The van der Waals surface area contributed by atoms with E-state index in [0.717, 1.165) is 22.9 Å². The Morgan fingerprint density at radius 3 is 2.24 bits per heavy atom. The fourth-order valence-corrected chi connectivity index (χ4v) is 2.74. The molecule has 0 aromatic heterocycles. The molecule has 17 heavy (non-hydrogen) atoms. The Hall–Kier alpha value is -0.0900. The summed E-state index contributed by atoms with van der Waals surface area (Å²) in [6.07, 6.45) is 4.30. The summed E-state index contributed by atoms with van der Waals surface area (Å²) >= 11 is 3.39. The van der Waals surface area contributed by atoms with Crippen LogP contribution < -0.4 is 5.73 Å². The highest BCUT2D eigenvalue weighted by Gasteiger charge is 2.28. The number of rotatable bonds is 3. The Morgan fingerprint density at radius 1 is 1.18 bits per heavy atom. The van der Waals surface area contributed by atoms with Crippen molar-refractivity contribution in [2.75, 3.05) is 0 Å². The Morgan fingerprint density at radius 2 is 1.71 bits per heavy atom. The predicted molar refractivity (Wildman–Crippen MR) is 76.3 cm³/mol. The zero-order valence-electron chi connectivity index (χ0n) is 9.68. The third-order valence-electron chi connectivity index (χ3n) is 3.51. The van der Waals surface area contributed by atoms with Gasteiger partial charge in [0.2, 0.25) is 0 Å². The molecule has 4 heteroatoms. The summed E-state index contributed by atoms with van der Waals surface area (Å²) < 4.78 is 1.04. The molecule has 2 atom stereocenters. The third kappa shape index (κ3) is 3.68. The molecule has 0 heterocycles. The molecule has 1 aromatic rings. The zero-order valence-corrected chi connectivity index (χ0v) is 12.1. The lowest BCUT2D eigenvalue weighted by molar-refractivity contribution is 0.0845. The summed E-state index contributed by atoms with van der Waals surface area (Å²) in [5.41, 5.74) is 7.12. The molecule has 0 bridgehead atoms. The van der Waals surface area contributed by atoms with Gasteiger partial charge >= 0.3 is 0 Å². The van der Waals surface area contributed by atoms with E-state index in [1.54, 1.807) is 0 Å². The van der Waals surface area contributed by atoms with Crippen molar-refractivity contribution in [3.05, 3.63) is 34.3 Å². The molecule has 1 aliphatic rings. The van der Waals surface area contributed by atoms with Crippen LogP contribution in [0.15, 0.2) is 28.7 Å². The molecular formula is C13H19BrClNO. The second-order valence-electron chi connectivity index (χ2n) is 4.61. The van der Waals surface area contributed by atoms with E-state index in [1.807, 2.05) is 24.3 Å². The van der Waals surface area contributed by atoms with Crippen LogP contribution in [0.4, 0.5) is 0 Å². The topological polar surface area (TPSA) is 46.2 Å². The Labute approximate surface area is 117 Å². The lowest BCUT2D eigenvalue weighted by Gasteiger charge is -2.24. The van der Waals surface area contributed by atoms with E-state index in [2.05, 4.69) is 15.9 Å². The maximum absolute atomic E-state index is 10.2. The summed E-state index contributed by atoms with van der Waals surface area (Å²) in [5.74, 6) is 0.388. The molecule has 2 rings (SSSR count). The average molecular weight is 321 g/mol. The van der Waals surface area contributed by atoms with Crippen molar-refractivity contribution in [3.8, 4) is 0 Å². The first-order valence-electron chi connectivity index (χ1n) is 5.87. The molecule has 1 aromatic carbocycles. The first-order chi connectivity index (χ1) is 7.68. The summed E-state index contributed by atoms with van der Waals surface area (Å²) in [6.45, 7) is 0. The number of benzene rings is 1. The fraction of sp³-hybridized carbons (Fsp3) is 0.538. The molecule has 0 spiro atoms. The Bertz CT molecular complexity index is 338. The highest BCUT2D eigenvalue weighted by Crippen LogP contribution is 2.32. The van der Waals surface area contributed by atoms with Crippen molar-refractivity contribution >= 4 is 28.3 Å². The lowest BCUT2D eigenvalue weighted by Crippen LogP contribution is -2.31. The standard InChI is InChI=1S/C13H18BrNO.ClH/c14-11-7-5-9(6-8-11)12(15)13(16)10-3-1-2-4-10;/h5-8,10,12-13,16H,1-4,15H2;1H/t12-,13+;/m0./s1. The fourth-order valence-electron chi connectivity index (χ4n) is 2.47. The van der Waals surface area contributed by atoms with Crippen molar-refractivity contribution in [1.82, 2.24) is 0 Å². The third-order valence-corrected chi connectivity index (χ3v) is 4.03. The van der Waals surface area contributed by atoms with Gasteiger partial charge in [0.15, 0.2) is 0 Å². The van der Waals surface area contributed by atoms with Crippen LogP contribution >= 0.6 is 28.3 Å². The summed E-state index contributed by atoms with van der Waals surface area (Å²) in [7, 11) is 0. The minimum Gasteiger partial charge on any atom is -0.391 e. The molecular weight excluding hydrogens is 302 g/mol. The van der Waals surface area contributed by atoms with Crippen molar-refractivity contribution in [3.63, 3.8) is 0 Å². The minimum absolute atomic E-state index is 0. The van der Waals surface area contributed by atoms with E-state index in [4.69, 9.17) is 5.73 Å². The molecule has 0 unspecified atom stereocenters. The van der Waals surface area contributed by atoms with Crippen LogP contribution in [0.5, 0.6) is 0 Å². The number of hydrogen-bond acceptors (Lipinski definition) is 2. The van der Waals surface area contributed by atoms with Crippen LogP contribution in [0.2, 0.25) is 0 Å². The van der Waals surface area contributed by atoms with E-state index >= 15 is 0 Å². The van der Waals surface area contributed by atoms with Crippen LogP contribution in [0, 0.1) is 5.92 Å². The van der Waals surface area contributed by atoms with Crippen LogP contribution in [0.3, 0.4) is 0 Å². The second-order valence-corrected chi connectivity index (χ2v) is 5.53. The molecule has 3 N–H and O–H groups in total. The van der Waals surface area contributed by atoms with Gasteiger partial charge in [0, 0.05) is 4.47 Å². The van der Waals surface area contributed by atoms with E-state index in [0.29, 0.717) is 5.92 Å². The molecule has 0 saturated heterocycles. The smallest absolute Gasteiger partial charge is 0.0760 e. The maximum atomic E-state index is 10.2. The van der Waals surface area contributed by atoms with E-state index in [1.165, 1.54) is 12.8 Å². The Balaban J connectivity index is 0.00000144. The lowest BCUT2D eigenvalue weighted by atomic mass is 9.91. The monoisotopic (exact) mass is 319 g/mol. The zero-order chi connectivity index (χ0) is 11.5. The highest BCUT2D eigenvalue weighted by atomic mass is 79.9. The number of aliphatic hydroxyl groups is 1. The molecule has 0 radical (unpaired) electrons. The van der Waals surface area contributed by atoms with Gasteiger partial charge < -0.3 is 10.8 Å². The largest absolute Gasteiger partial charge is 0.391 e. The first-order valence-corrected chi connectivity index (χ1v) is 6.67. The predicted octanol–water partition coefficient (Wildman–Crippen LogP) is 3.42. The summed E-state index contributed by atoms with van der Waals surface area (Å²) in [6, 6.07) is 7.64. The Kier molecular flexibility index (Phi) is 5.93. The highest BCUT2D eigenvalue weighted by molar-refractivity contribution is 9.10. The summed E-state index contributed by atoms with van der Waals surface area (Å²) in [5, 5.41) is 10.2. The van der Waals surface area contributed by atoms with Gasteiger partial charge in [-0.2, -0.15) is 0 Å². The van der Waals surface area contributed by atoms with Crippen LogP contribution in [0.25, 0.3) is 0 Å². The molecule has 1 aliphatic carbocycles. The van der Waals surface area contributed by atoms with Gasteiger partial charge in [-0.15, -0.1) is 12.4 Å². The first kappa shape index (κ1) is 15.0. The minimum atomic E-state index is -0.399. The maximum Gasteiger partial charge on any atom is 0.0760 e. The molecule has 1 fully saturated rings. The van der Waals surface area contributed by atoms with Crippen molar-refractivity contribution in [1.29, 1.82) is 0 Å². The van der Waals surface area contributed by atoms with Gasteiger partial charge in [0.25, 0.3) is 0 Å². The van der Waals surface area contributed by atoms with Gasteiger partial charge in [-0.25, -0.2) is 0 Å². The summed E-state index contributed by atoms with van der Waals surface area (Å²) in [4.78, 5) is 0. The van der Waals surface area contributed by atoms with Gasteiger partial charge in [-0.05, 0) is 36.5 Å². The van der Waals surface area contributed by atoms with Crippen LogP contribution in [-0.2, 0) is 0 Å². The quantitative estimate of drug-likeness (QED) is 0.896. The number of nitrogens with two attached hydrogens (primary N) is 1. The normalized spacial score (nSPS) is 19.7. The van der Waals surface area contributed by atoms with Crippen molar-refractivity contribution < 1.29 is 5.11 Å². The van der Waals surface area contributed by atoms with Gasteiger partial charge in [-0.3, -0.25) is 0 Å². The van der Waals surface area contributed by atoms with Crippen LogP contribution in [0.1, 0.15) is 37.3 Å². The SMILES string of the molecule is Cl.N[C@@H](c1ccc(Br)cc1)[C@H](O)C1CCCC1. The second kappa shape index (κ2) is 6.74. The number of hydrogen-bond donors (Lipinski definition) is 2. The molecule has 96 valence electrons. The molecule has 1 saturated carbocycles. The van der Waals surface area contributed by atoms with Crippen molar-refractivity contribution in [2.24, 2.45) is 11.7 Å². The molecule has 0 aliphatic heterocycles. The van der Waals surface area contributed by atoms with E-state index < -0.39 is 6.10 Å². The van der Waals surface area contributed by atoms with Gasteiger partial charge in [0.1, 0.15) is 0 Å². The van der Waals surface area contributed by atoms with Crippen LogP contribution in [-0.4, -0.2) is 11.2 Å². The van der Waals surface area contributed by atoms with Crippen molar-refractivity contribution in [2.45, 2.75) is 37.8 Å². The van der Waals surface area contributed by atoms with E-state index in [-0.39, 0.29) is 18.4 Å². The van der Waals surface area contributed by atoms with Gasteiger partial charge in [-0.1, -0.05) is 40.9 Å².